The van der Waals surface area contributed by atoms with E-state index in [1.54, 1.807) is 21.9 Å². The number of carbonyl (C=O) groups is 2. The number of ether oxygens (including phenoxy) is 1. The van der Waals surface area contributed by atoms with Crippen molar-refractivity contribution in [2.45, 2.75) is 25.9 Å². The van der Waals surface area contributed by atoms with Crippen molar-refractivity contribution in [3.05, 3.63) is 35.1 Å². The summed E-state index contributed by atoms with van der Waals surface area (Å²) in [6, 6.07) is 5.82. The lowest BCUT2D eigenvalue weighted by atomic mass is 10.0. The van der Waals surface area contributed by atoms with Gasteiger partial charge in [-0.05, 0) is 30.7 Å². The van der Waals surface area contributed by atoms with Gasteiger partial charge < -0.3 is 9.64 Å². The van der Waals surface area contributed by atoms with E-state index < -0.39 is 0 Å². The number of carbonyl (C=O) groups excluding carboxylic acids is 2. The molecule has 142 valence electrons. The number of aromatic nitrogens is 2. The Morgan fingerprint density at radius 2 is 2.00 bits per heavy atom. The summed E-state index contributed by atoms with van der Waals surface area (Å²) < 4.78 is 18.6. The summed E-state index contributed by atoms with van der Waals surface area (Å²) in [6.07, 6.45) is 0.855. The summed E-state index contributed by atoms with van der Waals surface area (Å²) in [6.45, 7) is 3.27. The molecular weight excluding hydrogens is 371 g/mol. The molecule has 1 aromatic carbocycles. The van der Waals surface area contributed by atoms with E-state index in [0.29, 0.717) is 30.5 Å². The number of amides is 2. The smallest absolute Gasteiger partial charge is 0.229 e. The Morgan fingerprint density at radius 3 is 2.67 bits per heavy atom. The molecule has 3 heterocycles. The Labute approximate surface area is 159 Å². The maximum atomic E-state index is 12.9. The second-order valence-electron chi connectivity index (χ2n) is 6.67. The minimum atomic E-state index is -0.363. The first-order valence-corrected chi connectivity index (χ1v) is 9.69. The van der Waals surface area contributed by atoms with Crippen LogP contribution < -0.4 is 9.64 Å². The average molecular weight is 390 g/mol. The summed E-state index contributed by atoms with van der Waals surface area (Å²) in [5.41, 5.74) is 0. The SMILES string of the molecule is CCc1nnc(N2CC(C(=O)N3CC(Oc4ccc(F)cc4)C3)CC2=O)s1. The molecular formula is C18H19FN4O3S. The van der Waals surface area contributed by atoms with Gasteiger partial charge in [-0.1, -0.05) is 18.3 Å². The molecule has 1 atom stereocenters. The van der Waals surface area contributed by atoms with Crippen LogP contribution in [0.3, 0.4) is 0 Å². The molecule has 2 aliphatic rings. The number of likely N-dealkylation sites (tertiary alicyclic amines) is 1. The number of hydrogen-bond acceptors (Lipinski definition) is 6. The number of halogens is 1. The lowest BCUT2D eigenvalue weighted by Crippen LogP contribution is -2.57. The second kappa shape index (κ2) is 7.22. The number of rotatable bonds is 5. The number of benzene rings is 1. The van der Waals surface area contributed by atoms with Crippen molar-refractivity contribution in [3.63, 3.8) is 0 Å². The van der Waals surface area contributed by atoms with Crippen molar-refractivity contribution in [2.75, 3.05) is 24.5 Å². The van der Waals surface area contributed by atoms with Crippen LogP contribution in [-0.4, -0.2) is 52.6 Å². The van der Waals surface area contributed by atoms with Crippen LogP contribution in [0.25, 0.3) is 0 Å². The third-order valence-corrected chi connectivity index (χ3v) is 5.83. The van der Waals surface area contributed by atoms with Crippen LogP contribution in [0.2, 0.25) is 0 Å². The summed E-state index contributed by atoms with van der Waals surface area (Å²) in [7, 11) is 0. The Hall–Kier alpha value is -2.55. The van der Waals surface area contributed by atoms with Crippen molar-refractivity contribution in [1.82, 2.24) is 15.1 Å². The molecule has 2 aromatic rings. The first-order valence-electron chi connectivity index (χ1n) is 8.87. The molecule has 2 saturated heterocycles. The van der Waals surface area contributed by atoms with Gasteiger partial charge in [0.25, 0.3) is 0 Å². The Morgan fingerprint density at radius 1 is 1.26 bits per heavy atom. The van der Waals surface area contributed by atoms with Gasteiger partial charge in [0.15, 0.2) is 0 Å². The predicted octanol–water partition coefficient (Wildman–Crippen LogP) is 1.88. The molecule has 4 rings (SSSR count). The van der Waals surface area contributed by atoms with E-state index in [1.165, 1.54) is 23.5 Å². The van der Waals surface area contributed by atoms with Crippen molar-refractivity contribution < 1.29 is 18.7 Å². The molecule has 27 heavy (non-hydrogen) atoms. The zero-order chi connectivity index (χ0) is 19.0. The second-order valence-corrected chi connectivity index (χ2v) is 7.71. The van der Waals surface area contributed by atoms with Gasteiger partial charge in [0.1, 0.15) is 22.7 Å². The van der Waals surface area contributed by atoms with Gasteiger partial charge in [0.2, 0.25) is 16.9 Å². The topological polar surface area (TPSA) is 75.6 Å². The van der Waals surface area contributed by atoms with Crippen LogP contribution in [0.15, 0.2) is 24.3 Å². The fourth-order valence-corrected chi connectivity index (χ4v) is 4.02. The predicted molar refractivity (Wildman–Crippen MR) is 97.1 cm³/mol. The third kappa shape index (κ3) is 3.64. The number of aryl methyl sites for hydroxylation is 1. The van der Waals surface area contributed by atoms with Crippen molar-refractivity contribution in [2.24, 2.45) is 5.92 Å². The van der Waals surface area contributed by atoms with Crippen LogP contribution in [0.5, 0.6) is 5.75 Å². The molecule has 1 aromatic heterocycles. The van der Waals surface area contributed by atoms with E-state index in [9.17, 15) is 14.0 Å². The maximum absolute atomic E-state index is 12.9. The standard InChI is InChI=1S/C18H19FN4O3S/c1-2-15-20-21-18(27-15)23-8-11(7-16(23)24)17(25)22-9-14(10-22)26-13-5-3-12(19)4-6-13/h3-6,11,14H,2,7-10H2,1H3. The van der Waals surface area contributed by atoms with E-state index in [0.717, 1.165) is 11.4 Å². The van der Waals surface area contributed by atoms with Gasteiger partial charge in [-0.15, -0.1) is 10.2 Å². The molecule has 0 spiro atoms. The summed E-state index contributed by atoms with van der Waals surface area (Å²) in [5, 5.41) is 9.53. The van der Waals surface area contributed by atoms with Crippen molar-refractivity contribution in [1.29, 1.82) is 0 Å². The van der Waals surface area contributed by atoms with Crippen LogP contribution in [0.4, 0.5) is 9.52 Å². The van der Waals surface area contributed by atoms with Gasteiger partial charge in [-0.25, -0.2) is 4.39 Å². The first-order chi connectivity index (χ1) is 13.0. The normalized spacial score (nSPS) is 20.1. The summed E-state index contributed by atoms with van der Waals surface area (Å²) in [4.78, 5) is 28.2. The molecule has 9 heteroatoms. The Kier molecular flexibility index (Phi) is 4.77. The highest BCUT2D eigenvalue weighted by atomic mass is 32.1. The van der Waals surface area contributed by atoms with Crippen LogP contribution in [-0.2, 0) is 16.0 Å². The molecule has 2 fully saturated rings. The molecule has 0 radical (unpaired) electrons. The minimum Gasteiger partial charge on any atom is -0.487 e. The molecule has 1 unspecified atom stereocenters. The minimum absolute atomic E-state index is 0.0370. The van der Waals surface area contributed by atoms with Gasteiger partial charge in [-0.2, -0.15) is 0 Å². The monoisotopic (exact) mass is 390 g/mol. The molecule has 0 aliphatic carbocycles. The number of hydrogen-bond donors (Lipinski definition) is 0. The zero-order valence-corrected chi connectivity index (χ0v) is 15.6. The van der Waals surface area contributed by atoms with Crippen molar-refractivity contribution >= 4 is 28.3 Å². The highest BCUT2D eigenvalue weighted by Gasteiger charge is 2.42. The van der Waals surface area contributed by atoms with E-state index in [-0.39, 0.29) is 36.1 Å². The Balaban J connectivity index is 1.30. The zero-order valence-electron chi connectivity index (χ0n) is 14.8. The third-order valence-electron chi connectivity index (χ3n) is 4.74. The van der Waals surface area contributed by atoms with Crippen LogP contribution in [0, 0.1) is 11.7 Å². The lowest BCUT2D eigenvalue weighted by Gasteiger charge is -2.40. The van der Waals surface area contributed by atoms with Gasteiger partial charge in [0, 0.05) is 13.0 Å². The van der Waals surface area contributed by atoms with Gasteiger partial charge in [0.05, 0.1) is 19.0 Å². The largest absolute Gasteiger partial charge is 0.487 e. The van der Waals surface area contributed by atoms with Crippen LogP contribution >= 0.6 is 11.3 Å². The number of anilines is 1. The fraction of sp³-hybridized carbons (Fsp3) is 0.444. The van der Waals surface area contributed by atoms with E-state index in [1.807, 2.05) is 6.92 Å². The first kappa shape index (κ1) is 17.8. The van der Waals surface area contributed by atoms with E-state index in [4.69, 9.17) is 4.74 Å². The molecule has 2 aliphatic heterocycles. The Bertz CT molecular complexity index is 851. The maximum Gasteiger partial charge on any atom is 0.229 e. The van der Waals surface area contributed by atoms with Crippen LogP contribution in [0.1, 0.15) is 18.4 Å². The fourth-order valence-electron chi connectivity index (χ4n) is 3.21. The highest BCUT2D eigenvalue weighted by Crippen LogP contribution is 2.30. The molecule has 2 amide bonds. The molecule has 7 nitrogen and oxygen atoms in total. The van der Waals surface area contributed by atoms with E-state index >= 15 is 0 Å². The number of nitrogens with zero attached hydrogens (tertiary/aromatic N) is 4. The van der Waals surface area contributed by atoms with Gasteiger partial charge >= 0.3 is 0 Å². The van der Waals surface area contributed by atoms with Crippen molar-refractivity contribution in [3.8, 4) is 5.75 Å². The summed E-state index contributed by atoms with van der Waals surface area (Å²) in [5.74, 6) is -0.224. The van der Waals surface area contributed by atoms with E-state index in [2.05, 4.69) is 10.2 Å². The quantitative estimate of drug-likeness (QED) is 0.779. The molecule has 0 N–H and O–H groups in total. The average Bonchev–Trinajstić information content (AvgIpc) is 3.25. The van der Waals surface area contributed by atoms with Gasteiger partial charge in [-0.3, -0.25) is 14.5 Å². The molecule has 0 bridgehead atoms. The molecule has 0 saturated carbocycles. The lowest BCUT2D eigenvalue weighted by molar-refractivity contribution is -0.144. The summed E-state index contributed by atoms with van der Waals surface area (Å²) >= 11 is 1.39. The highest BCUT2D eigenvalue weighted by molar-refractivity contribution is 7.15.